The van der Waals surface area contributed by atoms with Crippen LogP contribution in [-0.4, -0.2) is 25.3 Å². The van der Waals surface area contributed by atoms with Crippen molar-refractivity contribution in [1.82, 2.24) is 5.32 Å². The number of halogens is 1. The number of phenolic OH excluding ortho intramolecular Hbond substituents is 1. The van der Waals surface area contributed by atoms with E-state index in [4.69, 9.17) is 4.74 Å². The normalized spacial score (nSPS) is 20.5. The van der Waals surface area contributed by atoms with Gasteiger partial charge >= 0.3 is 0 Å². The molecule has 0 amide bonds. The second-order valence-electron chi connectivity index (χ2n) is 3.70. The topological polar surface area (TPSA) is 41.5 Å². The van der Waals surface area contributed by atoms with E-state index in [1.807, 2.05) is 6.07 Å². The molecule has 0 bridgehead atoms. The first-order valence-corrected chi connectivity index (χ1v) is 5.79. The van der Waals surface area contributed by atoms with E-state index in [0.29, 0.717) is 11.7 Å². The third-order valence-corrected chi connectivity index (χ3v) is 3.51. The predicted octanol–water partition coefficient (Wildman–Crippen LogP) is 2.24. The molecule has 2 rings (SSSR count). The van der Waals surface area contributed by atoms with Gasteiger partial charge in [-0.05, 0) is 25.1 Å². The number of hydrogen-bond donors (Lipinski definition) is 2. The van der Waals surface area contributed by atoms with Crippen LogP contribution in [0.4, 0.5) is 0 Å². The Labute approximate surface area is 97.6 Å². The van der Waals surface area contributed by atoms with Gasteiger partial charge in [-0.25, -0.2) is 0 Å². The van der Waals surface area contributed by atoms with Crippen LogP contribution in [0.1, 0.15) is 17.9 Å². The Morgan fingerprint density at radius 3 is 2.93 bits per heavy atom. The molecule has 0 saturated carbocycles. The van der Waals surface area contributed by atoms with E-state index in [1.54, 1.807) is 13.2 Å². The average molecular weight is 272 g/mol. The fraction of sp³-hybridized carbons (Fsp3) is 0.455. The van der Waals surface area contributed by atoms with Crippen molar-refractivity contribution in [3.63, 3.8) is 0 Å². The Morgan fingerprint density at radius 2 is 2.33 bits per heavy atom. The Hall–Kier alpha value is -0.740. The van der Waals surface area contributed by atoms with Gasteiger partial charge in [-0.2, -0.15) is 0 Å². The monoisotopic (exact) mass is 271 g/mol. The summed E-state index contributed by atoms with van der Waals surface area (Å²) in [6.45, 7) is 1.92. The van der Waals surface area contributed by atoms with Gasteiger partial charge in [-0.3, -0.25) is 0 Å². The van der Waals surface area contributed by atoms with Crippen LogP contribution >= 0.6 is 15.9 Å². The van der Waals surface area contributed by atoms with Crippen LogP contribution in [0, 0.1) is 0 Å². The van der Waals surface area contributed by atoms with Gasteiger partial charge in [-0.1, -0.05) is 15.9 Å². The number of nitrogens with one attached hydrogen (secondary N) is 1. The molecule has 0 radical (unpaired) electrons. The number of methoxy groups -OCH3 is 1. The molecule has 0 spiro atoms. The van der Waals surface area contributed by atoms with Gasteiger partial charge in [0.2, 0.25) is 0 Å². The molecule has 1 unspecified atom stereocenters. The highest BCUT2D eigenvalue weighted by molar-refractivity contribution is 9.10. The third-order valence-electron chi connectivity index (χ3n) is 2.82. The van der Waals surface area contributed by atoms with E-state index in [-0.39, 0.29) is 5.75 Å². The summed E-state index contributed by atoms with van der Waals surface area (Å²) in [4.78, 5) is 0. The Bertz CT molecular complexity index is 362. The van der Waals surface area contributed by atoms with E-state index < -0.39 is 0 Å². The molecule has 1 heterocycles. The number of aromatic hydroxyl groups is 1. The summed E-state index contributed by atoms with van der Waals surface area (Å²) in [5.41, 5.74) is 0.958. The maximum absolute atomic E-state index is 10.0. The molecule has 82 valence electrons. The van der Waals surface area contributed by atoms with Gasteiger partial charge in [0.15, 0.2) is 11.5 Å². The highest BCUT2D eigenvalue weighted by atomic mass is 79.9. The maximum Gasteiger partial charge on any atom is 0.162 e. The Morgan fingerprint density at radius 1 is 1.53 bits per heavy atom. The lowest BCUT2D eigenvalue weighted by atomic mass is 9.97. The minimum Gasteiger partial charge on any atom is -0.504 e. The molecule has 15 heavy (non-hydrogen) atoms. The standard InChI is InChI=1S/C11H14BrNO2/c1-15-9-3-2-8(12)10(11(9)14)7-4-5-13-6-7/h2-3,7,13-14H,4-6H2,1H3. The van der Waals surface area contributed by atoms with E-state index in [0.717, 1.165) is 29.5 Å². The third kappa shape index (κ3) is 1.96. The molecular formula is C11H14BrNO2. The lowest BCUT2D eigenvalue weighted by Gasteiger charge is -2.15. The van der Waals surface area contributed by atoms with Crippen molar-refractivity contribution >= 4 is 15.9 Å². The molecule has 1 aromatic rings. The highest BCUT2D eigenvalue weighted by Crippen LogP contribution is 2.41. The van der Waals surface area contributed by atoms with Gasteiger partial charge in [0.05, 0.1) is 7.11 Å². The largest absolute Gasteiger partial charge is 0.504 e. The molecule has 0 aliphatic carbocycles. The fourth-order valence-corrected chi connectivity index (χ4v) is 2.66. The first-order valence-electron chi connectivity index (χ1n) is 5.00. The maximum atomic E-state index is 10.0. The lowest BCUT2D eigenvalue weighted by Crippen LogP contribution is -2.08. The summed E-state index contributed by atoms with van der Waals surface area (Å²) < 4.78 is 6.06. The average Bonchev–Trinajstić information content (AvgIpc) is 2.71. The zero-order chi connectivity index (χ0) is 10.8. The molecule has 0 aromatic heterocycles. The van der Waals surface area contributed by atoms with Crippen LogP contribution in [-0.2, 0) is 0 Å². The van der Waals surface area contributed by atoms with Crippen LogP contribution in [0.15, 0.2) is 16.6 Å². The van der Waals surface area contributed by atoms with Crippen LogP contribution < -0.4 is 10.1 Å². The van der Waals surface area contributed by atoms with E-state index >= 15 is 0 Å². The summed E-state index contributed by atoms with van der Waals surface area (Å²) in [7, 11) is 1.57. The summed E-state index contributed by atoms with van der Waals surface area (Å²) in [5.74, 6) is 1.18. The summed E-state index contributed by atoms with van der Waals surface area (Å²) in [5, 5.41) is 13.3. The van der Waals surface area contributed by atoms with Crippen molar-refractivity contribution in [1.29, 1.82) is 0 Å². The molecule has 1 fully saturated rings. The zero-order valence-corrected chi connectivity index (χ0v) is 10.2. The second kappa shape index (κ2) is 4.41. The van der Waals surface area contributed by atoms with Gasteiger partial charge < -0.3 is 15.2 Å². The van der Waals surface area contributed by atoms with Gasteiger partial charge in [-0.15, -0.1) is 0 Å². The number of benzene rings is 1. The Balaban J connectivity index is 2.43. The first kappa shape index (κ1) is 10.8. The minimum atomic E-state index is 0.264. The quantitative estimate of drug-likeness (QED) is 0.867. The number of hydrogen-bond acceptors (Lipinski definition) is 3. The van der Waals surface area contributed by atoms with Gasteiger partial charge in [0.25, 0.3) is 0 Å². The lowest BCUT2D eigenvalue weighted by molar-refractivity contribution is 0.368. The van der Waals surface area contributed by atoms with Crippen molar-refractivity contribution in [2.75, 3.05) is 20.2 Å². The van der Waals surface area contributed by atoms with E-state index in [9.17, 15) is 5.11 Å². The van der Waals surface area contributed by atoms with Crippen molar-refractivity contribution in [2.45, 2.75) is 12.3 Å². The van der Waals surface area contributed by atoms with Crippen LogP contribution in [0.3, 0.4) is 0 Å². The molecular weight excluding hydrogens is 258 g/mol. The molecule has 1 aliphatic heterocycles. The summed E-state index contributed by atoms with van der Waals surface area (Å²) >= 11 is 3.48. The first-order chi connectivity index (χ1) is 7.24. The summed E-state index contributed by atoms with van der Waals surface area (Å²) in [6, 6.07) is 3.69. The van der Waals surface area contributed by atoms with E-state index in [2.05, 4.69) is 21.2 Å². The van der Waals surface area contributed by atoms with Crippen LogP contribution in [0.25, 0.3) is 0 Å². The number of rotatable bonds is 2. The molecule has 1 aliphatic rings. The SMILES string of the molecule is COc1ccc(Br)c(C2CCNC2)c1O. The highest BCUT2D eigenvalue weighted by Gasteiger charge is 2.23. The summed E-state index contributed by atoms with van der Waals surface area (Å²) in [6.07, 6.45) is 1.05. The van der Waals surface area contributed by atoms with Gasteiger partial charge in [0.1, 0.15) is 0 Å². The predicted molar refractivity (Wildman–Crippen MR) is 62.6 cm³/mol. The molecule has 2 N–H and O–H groups in total. The van der Waals surface area contributed by atoms with Crippen molar-refractivity contribution in [3.05, 3.63) is 22.2 Å². The molecule has 1 saturated heterocycles. The van der Waals surface area contributed by atoms with Crippen molar-refractivity contribution < 1.29 is 9.84 Å². The zero-order valence-electron chi connectivity index (χ0n) is 8.59. The Kier molecular flexibility index (Phi) is 3.17. The smallest absolute Gasteiger partial charge is 0.162 e. The number of ether oxygens (including phenoxy) is 1. The minimum absolute atomic E-state index is 0.264. The molecule has 3 nitrogen and oxygen atoms in total. The molecule has 1 aromatic carbocycles. The van der Waals surface area contributed by atoms with E-state index in [1.165, 1.54) is 0 Å². The number of phenols is 1. The van der Waals surface area contributed by atoms with Crippen molar-refractivity contribution in [2.24, 2.45) is 0 Å². The van der Waals surface area contributed by atoms with Crippen LogP contribution in [0.5, 0.6) is 11.5 Å². The second-order valence-corrected chi connectivity index (χ2v) is 4.56. The molecule has 4 heteroatoms. The van der Waals surface area contributed by atoms with Crippen molar-refractivity contribution in [3.8, 4) is 11.5 Å². The van der Waals surface area contributed by atoms with Crippen LogP contribution in [0.2, 0.25) is 0 Å². The van der Waals surface area contributed by atoms with Gasteiger partial charge in [0, 0.05) is 22.5 Å². The molecule has 1 atom stereocenters. The fourth-order valence-electron chi connectivity index (χ4n) is 2.02.